The number of nitrogens with one attached hydrogen (secondary N) is 2. The second kappa shape index (κ2) is 7.74. The van der Waals surface area contributed by atoms with Crippen molar-refractivity contribution in [3.63, 3.8) is 0 Å². The van der Waals surface area contributed by atoms with Gasteiger partial charge in [-0.3, -0.25) is 9.89 Å². The van der Waals surface area contributed by atoms with E-state index in [1.165, 1.54) is 10.4 Å². The van der Waals surface area contributed by atoms with Crippen molar-refractivity contribution in [2.45, 2.75) is 32.1 Å². The number of benzene rings is 1. The molecule has 1 atom stereocenters. The molecule has 9 heteroatoms. The predicted molar refractivity (Wildman–Crippen MR) is 125 cm³/mol. The molecule has 2 N–H and O–H groups in total. The number of nitrogens with zero attached hydrogens (tertiary/aromatic N) is 4. The van der Waals surface area contributed by atoms with Crippen LogP contribution >= 0.6 is 11.3 Å². The van der Waals surface area contributed by atoms with Crippen molar-refractivity contribution in [1.29, 1.82) is 0 Å². The summed E-state index contributed by atoms with van der Waals surface area (Å²) in [6.45, 7) is 1.83. The Morgan fingerprint density at radius 1 is 1.28 bits per heavy atom. The molecule has 4 aromatic rings. The van der Waals surface area contributed by atoms with Gasteiger partial charge in [-0.05, 0) is 43.7 Å². The van der Waals surface area contributed by atoms with Gasteiger partial charge in [0.25, 0.3) is 0 Å². The van der Waals surface area contributed by atoms with Gasteiger partial charge in [-0.15, -0.1) is 11.3 Å². The second-order valence-electron chi connectivity index (χ2n) is 8.51. The minimum Gasteiger partial charge on any atom is -0.494 e. The Bertz CT molecular complexity index is 1320. The number of anilines is 2. The number of fused-ring (bicyclic) bond motifs is 4. The maximum atomic E-state index is 13.0. The van der Waals surface area contributed by atoms with Gasteiger partial charge in [0, 0.05) is 35.3 Å². The normalized spacial score (nSPS) is 18.3. The molecule has 1 saturated heterocycles. The summed E-state index contributed by atoms with van der Waals surface area (Å²) < 4.78 is 5.60. The fraction of sp³-hybridized carbons (Fsp3) is 0.391. The molecule has 0 spiro atoms. The Labute approximate surface area is 189 Å². The number of thiophene rings is 1. The Hall–Kier alpha value is -3.20. The van der Waals surface area contributed by atoms with Crippen molar-refractivity contribution < 1.29 is 9.53 Å². The first kappa shape index (κ1) is 19.5. The molecular weight excluding hydrogens is 424 g/mol. The number of carbonyl (C=O) groups excluding carboxylic acids is 1. The average molecular weight is 449 g/mol. The number of likely N-dealkylation sites (tertiary alicyclic amines) is 1. The smallest absolute Gasteiger partial charge is 0.226 e. The molecule has 32 heavy (non-hydrogen) atoms. The topological polar surface area (TPSA) is 96.0 Å². The first-order chi connectivity index (χ1) is 15.7. The van der Waals surface area contributed by atoms with Gasteiger partial charge in [0.2, 0.25) is 5.91 Å². The van der Waals surface area contributed by atoms with Gasteiger partial charge in [-0.25, -0.2) is 9.97 Å². The number of H-pyrrole nitrogens is 1. The van der Waals surface area contributed by atoms with Crippen molar-refractivity contribution in [3.05, 3.63) is 35.1 Å². The van der Waals surface area contributed by atoms with Gasteiger partial charge in [0.1, 0.15) is 22.7 Å². The fourth-order valence-corrected chi connectivity index (χ4v) is 6.24. The van der Waals surface area contributed by atoms with Crippen LogP contribution in [0.25, 0.3) is 21.1 Å². The number of aryl methyl sites for hydroxylation is 1. The van der Waals surface area contributed by atoms with Gasteiger partial charge in [-0.2, -0.15) is 5.10 Å². The quantitative estimate of drug-likeness (QED) is 0.489. The number of rotatable bonds is 4. The molecule has 8 nitrogen and oxygen atoms in total. The number of ether oxygens (including phenoxy) is 1. The van der Waals surface area contributed by atoms with Gasteiger partial charge < -0.3 is 15.0 Å². The van der Waals surface area contributed by atoms with E-state index >= 15 is 0 Å². The molecule has 6 rings (SSSR count). The van der Waals surface area contributed by atoms with Crippen molar-refractivity contribution in [2.24, 2.45) is 5.92 Å². The van der Waals surface area contributed by atoms with Gasteiger partial charge >= 0.3 is 0 Å². The van der Waals surface area contributed by atoms with Gasteiger partial charge in [0.05, 0.1) is 29.9 Å². The van der Waals surface area contributed by atoms with Crippen molar-refractivity contribution in [1.82, 2.24) is 25.1 Å². The van der Waals surface area contributed by atoms with Crippen molar-refractivity contribution >= 4 is 49.9 Å². The molecule has 2 aliphatic rings. The second-order valence-corrected chi connectivity index (χ2v) is 9.60. The van der Waals surface area contributed by atoms with E-state index in [4.69, 9.17) is 4.74 Å². The molecule has 1 aromatic carbocycles. The summed E-state index contributed by atoms with van der Waals surface area (Å²) in [6, 6.07) is 3.94. The van der Waals surface area contributed by atoms with Crippen LogP contribution in [0.15, 0.2) is 24.7 Å². The molecule has 1 amide bonds. The maximum Gasteiger partial charge on any atom is 0.226 e. The highest BCUT2D eigenvalue weighted by atomic mass is 32.1. The van der Waals surface area contributed by atoms with E-state index in [9.17, 15) is 4.79 Å². The Morgan fingerprint density at radius 2 is 2.16 bits per heavy atom. The number of hydrogen-bond donors (Lipinski definition) is 2. The highest BCUT2D eigenvalue weighted by Crippen LogP contribution is 2.42. The van der Waals surface area contributed by atoms with Crippen LogP contribution in [0.4, 0.5) is 11.5 Å². The average Bonchev–Trinajstić information content (AvgIpc) is 3.56. The number of hydrogen-bond acceptors (Lipinski definition) is 7. The Balaban J connectivity index is 1.35. The van der Waals surface area contributed by atoms with Crippen molar-refractivity contribution in [2.75, 3.05) is 25.5 Å². The fourth-order valence-electron chi connectivity index (χ4n) is 4.98. The molecule has 0 unspecified atom stereocenters. The summed E-state index contributed by atoms with van der Waals surface area (Å²) >= 11 is 1.69. The zero-order valence-corrected chi connectivity index (χ0v) is 18.7. The number of aromatic amines is 1. The van der Waals surface area contributed by atoms with Crippen LogP contribution < -0.4 is 10.1 Å². The molecule has 0 saturated carbocycles. The zero-order chi connectivity index (χ0) is 21.7. The molecule has 1 aliphatic carbocycles. The Morgan fingerprint density at radius 3 is 3.00 bits per heavy atom. The molecule has 164 valence electrons. The third kappa shape index (κ3) is 3.19. The SMILES string of the molecule is COc1cc2[nH]ncc2cc1Nc1ncnc2sc3c(c12)CC[C@H](C(=O)N1CCCC1)C3. The van der Waals surface area contributed by atoms with Crippen LogP contribution in [0, 0.1) is 5.92 Å². The Kier molecular flexibility index (Phi) is 4.71. The standard InChI is InChI=1S/C23H24N6O2S/c1-31-18-10-16-14(11-26-28-16)8-17(18)27-21-20-15-5-4-13(23(30)29-6-2-3-7-29)9-19(15)32-22(20)25-12-24-21/h8,10-13H,2-7,9H2,1H3,(H,26,28)(H,24,25,27)/t13-/m0/s1. The predicted octanol–water partition coefficient (Wildman–Crippen LogP) is 4.05. The third-order valence-corrected chi connectivity index (χ3v) is 7.79. The highest BCUT2D eigenvalue weighted by Gasteiger charge is 2.32. The summed E-state index contributed by atoms with van der Waals surface area (Å²) in [7, 11) is 1.66. The molecule has 1 fully saturated rings. The first-order valence-corrected chi connectivity index (χ1v) is 11.8. The van der Waals surface area contributed by atoms with E-state index in [1.807, 2.05) is 17.0 Å². The highest BCUT2D eigenvalue weighted by molar-refractivity contribution is 7.19. The largest absolute Gasteiger partial charge is 0.494 e. The van der Waals surface area contributed by atoms with E-state index in [2.05, 4.69) is 25.5 Å². The lowest BCUT2D eigenvalue weighted by Gasteiger charge is -2.26. The third-order valence-electron chi connectivity index (χ3n) is 6.63. The lowest BCUT2D eigenvalue weighted by Crippen LogP contribution is -2.36. The molecular formula is C23H24N6O2S. The van der Waals surface area contributed by atoms with Crippen LogP contribution in [0.3, 0.4) is 0 Å². The van der Waals surface area contributed by atoms with Crippen molar-refractivity contribution in [3.8, 4) is 5.75 Å². The monoisotopic (exact) mass is 448 g/mol. The summed E-state index contributed by atoms with van der Waals surface area (Å²) in [4.78, 5) is 26.4. The van der Waals surface area contributed by atoms with Crippen LogP contribution in [0.2, 0.25) is 0 Å². The van der Waals surface area contributed by atoms with Crippen LogP contribution in [0.1, 0.15) is 29.7 Å². The lowest BCUT2D eigenvalue weighted by atomic mass is 9.87. The van der Waals surface area contributed by atoms with E-state index in [1.54, 1.807) is 31.0 Å². The van der Waals surface area contributed by atoms with Crippen LogP contribution in [0.5, 0.6) is 5.75 Å². The minimum atomic E-state index is 0.0848. The number of methoxy groups -OCH3 is 1. The van der Waals surface area contributed by atoms with Crippen LogP contribution in [-0.4, -0.2) is 51.2 Å². The van der Waals surface area contributed by atoms with E-state index < -0.39 is 0 Å². The van der Waals surface area contributed by atoms with Gasteiger partial charge in [0.15, 0.2) is 0 Å². The zero-order valence-electron chi connectivity index (χ0n) is 17.9. The van der Waals surface area contributed by atoms with E-state index in [0.29, 0.717) is 11.7 Å². The molecule has 0 bridgehead atoms. The maximum absolute atomic E-state index is 13.0. The number of aromatic nitrogens is 4. The van der Waals surface area contributed by atoms with Gasteiger partial charge in [-0.1, -0.05) is 0 Å². The lowest BCUT2D eigenvalue weighted by molar-refractivity contribution is -0.134. The molecule has 3 aromatic heterocycles. The summed E-state index contributed by atoms with van der Waals surface area (Å²) in [5.74, 6) is 1.90. The first-order valence-electron chi connectivity index (χ1n) is 11.0. The molecule has 1 aliphatic heterocycles. The minimum absolute atomic E-state index is 0.0848. The summed E-state index contributed by atoms with van der Waals surface area (Å²) in [5, 5.41) is 12.6. The van der Waals surface area contributed by atoms with E-state index in [-0.39, 0.29) is 5.92 Å². The number of carbonyl (C=O) groups is 1. The van der Waals surface area contributed by atoms with E-state index in [0.717, 1.165) is 77.8 Å². The molecule has 0 radical (unpaired) electrons. The summed E-state index contributed by atoms with van der Waals surface area (Å²) in [5.41, 5.74) is 3.03. The summed E-state index contributed by atoms with van der Waals surface area (Å²) in [6.07, 6.45) is 8.21. The van der Waals surface area contributed by atoms with Crippen LogP contribution in [-0.2, 0) is 17.6 Å². The number of amides is 1. The molecule has 4 heterocycles.